The molecule has 0 saturated carbocycles. The van der Waals surface area contributed by atoms with E-state index in [9.17, 15) is 14.4 Å². The van der Waals surface area contributed by atoms with Crippen molar-refractivity contribution in [3.8, 4) is 0 Å². The van der Waals surface area contributed by atoms with Crippen molar-refractivity contribution in [3.05, 3.63) is 46.3 Å². The molecule has 2 heterocycles. The van der Waals surface area contributed by atoms with Crippen LogP contribution in [0.3, 0.4) is 0 Å². The second kappa shape index (κ2) is 8.34. The molecule has 0 spiro atoms. The van der Waals surface area contributed by atoms with Gasteiger partial charge in [0, 0.05) is 6.07 Å². The number of aromatic nitrogens is 2. The van der Waals surface area contributed by atoms with Crippen molar-refractivity contribution in [2.75, 3.05) is 7.11 Å². The predicted molar refractivity (Wildman–Crippen MR) is 86.5 cm³/mol. The first-order valence-electron chi connectivity index (χ1n) is 7.11. The topological polar surface area (TPSA) is 114 Å². The van der Waals surface area contributed by atoms with Crippen LogP contribution in [-0.4, -0.2) is 34.2 Å². The third-order valence-electron chi connectivity index (χ3n) is 3.00. The minimum absolute atomic E-state index is 0.104. The van der Waals surface area contributed by atoms with Crippen LogP contribution < -0.4 is 10.9 Å². The minimum atomic E-state index is -0.492. The van der Waals surface area contributed by atoms with Crippen molar-refractivity contribution in [1.82, 2.24) is 15.3 Å². The van der Waals surface area contributed by atoms with Crippen molar-refractivity contribution in [2.24, 2.45) is 0 Å². The van der Waals surface area contributed by atoms with Gasteiger partial charge >= 0.3 is 5.97 Å². The van der Waals surface area contributed by atoms with Gasteiger partial charge in [0.1, 0.15) is 5.76 Å². The van der Waals surface area contributed by atoms with E-state index in [2.05, 4.69) is 20.0 Å². The maximum Gasteiger partial charge on any atom is 0.311 e. The van der Waals surface area contributed by atoms with E-state index in [0.29, 0.717) is 5.76 Å². The van der Waals surface area contributed by atoms with Gasteiger partial charge in [-0.25, -0.2) is 4.98 Å². The second-order valence-electron chi connectivity index (χ2n) is 4.85. The van der Waals surface area contributed by atoms with Gasteiger partial charge in [-0.2, -0.15) is 0 Å². The Balaban J connectivity index is 1.97. The van der Waals surface area contributed by atoms with Crippen molar-refractivity contribution >= 4 is 23.6 Å². The molecule has 2 aromatic rings. The zero-order valence-corrected chi connectivity index (χ0v) is 14.0. The molecule has 1 atom stereocenters. The summed E-state index contributed by atoms with van der Waals surface area (Å²) in [7, 11) is 1.26. The van der Waals surface area contributed by atoms with Gasteiger partial charge < -0.3 is 19.5 Å². The average molecular weight is 351 g/mol. The molecule has 2 N–H and O–H groups in total. The fraction of sp³-hybridized carbons (Fsp3) is 0.333. The van der Waals surface area contributed by atoms with Gasteiger partial charge in [0.15, 0.2) is 5.16 Å². The molecule has 24 heavy (non-hydrogen) atoms. The Labute approximate surface area is 142 Å². The highest BCUT2D eigenvalue weighted by Crippen LogP contribution is 2.18. The van der Waals surface area contributed by atoms with Crippen LogP contribution in [0, 0.1) is 0 Å². The lowest BCUT2D eigenvalue weighted by Gasteiger charge is -2.11. The van der Waals surface area contributed by atoms with E-state index in [4.69, 9.17) is 4.42 Å². The van der Waals surface area contributed by atoms with Gasteiger partial charge in [0.05, 0.1) is 37.3 Å². The number of furan rings is 1. The molecule has 9 heteroatoms. The summed E-state index contributed by atoms with van der Waals surface area (Å²) in [6.07, 6.45) is 1.42. The van der Waals surface area contributed by atoms with Crippen LogP contribution in [0.1, 0.15) is 18.4 Å². The quantitative estimate of drug-likeness (QED) is 0.432. The Morgan fingerprint density at radius 3 is 2.96 bits per heavy atom. The molecular weight excluding hydrogens is 334 g/mol. The largest absolute Gasteiger partial charge is 0.469 e. The highest BCUT2D eigenvalue weighted by Gasteiger charge is 2.17. The SMILES string of the molecule is COC(=O)Cc1cc(=O)[nH]c(S[C@@H](C)C(=O)NCc2ccco2)n1. The smallest absolute Gasteiger partial charge is 0.311 e. The molecule has 0 bridgehead atoms. The number of esters is 1. The Hall–Kier alpha value is -2.55. The summed E-state index contributed by atoms with van der Waals surface area (Å²) in [4.78, 5) is 41.7. The highest BCUT2D eigenvalue weighted by atomic mass is 32.2. The van der Waals surface area contributed by atoms with E-state index < -0.39 is 16.8 Å². The third kappa shape index (κ3) is 5.27. The predicted octanol–water partition coefficient (Wildman–Crippen LogP) is 0.875. The molecule has 0 aromatic carbocycles. The Morgan fingerprint density at radius 1 is 1.50 bits per heavy atom. The summed E-state index contributed by atoms with van der Waals surface area (Å²) in [5, 5.41) is 2.50. The molecular formula is C15H17N3O5S. The number of hydrogen-bond acceptors (Lipinski definition) is 7. The number of nitrogens with zero attached hydrogens (tertiary/aromatic N) is 1. The van der Waals surface area contributed by atoms with Crippen LogP contribution in [0.4, 0.5) is 0 Å². The summed E-state index contributed by atoms with van der Waals surface area (Å²) in [6.45, 7) is 1.97. The average Bonchev–Trinajstić information content (AvgIpc) is 3.05. The van der Waals surface area contributed by atoms with E-state index in [1.54, 1.807) is 19.1 Å². The van der Waals surface area contributed by atoms with E-state index in [1.165, 1.54) is 19.4 Å². The number of H-pyrrole nitrogens is 1. The zero-order chi connectivity index (χ0) is 17.5. The van der Waals surface area contributed by atoms with Gasteiger partial charge in [0.2, 0.25) is 5.91 Å². The number of thioether (sulfide) groups is 1. The molecule has 0 aliphatic heterocycles. The minimum Gasteiger partial charge on any atom is -0.469 e. The van der Waals surface area contributed by atoms with Gasteiger partial charge in [-0.3, -0.25) is 14.4 Å². The number of rotatable bonds is 7. The Kier molecular flexibility index (Phi) is 6.19. The number of carbonyl (C=O) groups excluding carboxylic acids is 2. The molecule has 0 aliphatic rings. The lowest BCUT2D eigenvalue weighted by Crippen LogP contribution is -2.30. The van der Waals surface area contributed by atoms with Crippen molar-refractivity contribution in [2.45, 2.75) is 30.3 Å². The summed E-state index contributed by atoms with van der Waals surface area (Å²) >= 11 is 1.09. The maximum absolute atomic E-state index is 12.1. The van der Waals surface area contributed by atoms with Crippen LogP contribution in [-0.2, 0) is 27.3 Å². The molecule has 0 saturated heterocycles. The van der Waals surface area contributed by atoms with Crippen LogP contribution >= 0.6 is 11.8 Å². The molecule has 0 aliphatic carbocycles. The van der Waals surface area contributed by atoms with Crippen LogP contribution in [0.2, 0.25) is 0 Å². The van der Waals surface area contributed by atoms with Crippen molar-refractivity contribution in [1.29, 1.82) is 0 Å². The fourth-order valence-corrected chi connectivity index (χ4v) is 2.66. The summed E-state index contributed by atoms with van der Waals surface area (Å²) in [5.74, 6) is -0.0714. The first-order chi connectivity index (χ1) is 11.5. The summed E-state index contributed by atoms with van der Waals surface area (Å²) in [5.41, 5.74) is -0.106. The summed E-state index contributed by atoms with van der Waals surface area (Å²) in [6, 6.07) is 4.72. The first-order valence-corrected chi connectivity index (χ1v) is 7.99. The lowest BCUT2D eigenvalue weighted by atomic mass is 10.3. The zero-order valence-electron chi connectivity index (χ0n) is 13.2. The molecule has 8 nitrogen and oxygen atoms in total. The molecule has 0 unspecified atom stereocenters. The number of hydrogen-bond donors (Lipinski definition) is 2. The van der Waals surface area contributed by atoms with E-state index >= 15 is 0 Å². The molecule has 0 fully saturated rings. The van der Waals surface area contributed by atoms with Crippen LogP contribution in [0.25, 0.3) is 0 Å². The second-order valence-corrected chi connectivity index (χ2v) is 6.18. The van der Waals surface area contributed by atoms with Gasteiger partial charge in [-0.1, -0.05) is 11.8 Å². The molecule has 0 radical (unpaired) electrons. The lowest BCUT2D eigenvalue weighted by molar-refractivity contribution is -0.139. The fourth-order valence-electron chi connectivity index (χ4n) is 1.80. The molecule has 2 aromatic heterocycles. The first kappa shape index (κ1) is 17.8. The van der Waals surface area contributed by atoms with Crippen molar-refractivity contribution in [3.63, 3.8) is 0 Å². The van der Waals surface area contributed by atoms with E-state index in [-0.39, 0.29) is 29.7 Å². The standard InChI is InChI=1S/C15H17N3O5S/c1-9(14(21)16-8-11-4-3-5-23-11)24-15-17-10(6-12(19)18-15)7-13(20)22-2/h3-6,9H,7-8H2,1-2H3,(H,16,21)(H,17,18,19)/t9-/m0/s1. The Bertz CT molecular complexity index is 757. The molecule has 128 valence electrons. The monoisotopic (exact) mass is 351 g/mol. The number of methoxy groups -OCH3 is 1. The highest BCUT2D eigenvalue weighted by molar-refractivity contribution is 8.00. The van der Waals surface area contributed by atoms with E-state index in [1.807, 2.05) is 0 Å². The summed E-state index contributed by atoms with van der Waals surface area (Å²) < 4.78 is 9.69. The number of nitrogens with one attached hydrogen (secondary N) is 2. The Morgan fingerprint density at radius 2 is 2.29 bits per heavy atom. The van der Waals surface area contributed by atoms with Gasteiger partial charge in [0.25, 0.3) is 5.56 Å². The van der Waals surface area contributed by atoms with Gasteiger partial charge in [-0.15, -0.1) is 0 Å². The maximum atomic E-state index is 12.1. The number of aromatic amines is 1. The third-order valence-corrected chi connectivity index (χ3v) is 3.98. The van der Waals surface area contributed by atoms with Crippen LogP contribution in [0.5, 0.6) is 0 Å². The van der Waals surface area contributed by atoms with Gasteiger partial charge in [-0.05, 0) is 19.1 Å². The number of amides is 1. The normalized spacial score (nSPS) is 11.8. The van der Waals surface area contributed by atoms with E-state index in [0.717, 1.165) is 11.8 Å². The number of carbonyl (C=O) groups is 2. The number of ether oxygens (including phenoxy) is 1. The van der Waals surface area contributed by atoms with Crippen molar-refractivity contribution < 1.29 is 18.7 Å². The molecule has 1 amide bonds. The molecule has 2 rings (SSSR count). The van der Waals surface area contributed by atoms with Crippen LogP contribution in [0.15, 0.2) is 38.8 Å².